The number of ether oxygens (including phenoxy) is 1. The minimum Gasteiger partial charge on any atom is -0.748 e. The molecule has 0 aliphatic heterocycles. The molecule has 1 N–H and O–H groups in total. The van der Waals surface area contributed by atoms with Crippen molar-refractivity contribution in [2.24, 2.45) is 0 Å². The predicted octanol–water partition coefficient (Wildman–Crippen LogP) is 0.963. The molecule has 1 rings (SSSR count). The quantitative estimate of drug-likeness (QED) is 0.286. The minimum absolute atomic E-state index is 0.0764. The van der Waals surface area contributed by atoms with Crippen LogP contribution in [0, 0.1) is 0 Å². The van der Waals surface area contributed by atoms with Crippen LogP contribution in [-0.2, 0) is 33.8 Å². The molecular weight excluding hydrogens is 443 g/mol. The van der Waals surface area contributed by atoms with Crippen molar-refractivity contribution in [3.05, 3.63) is 28.3 Å². The van der Waals surface area contributed by atoms with Gasteiger partial charge in [0.2, 0.25) is 0 Å². The monoisotopic (exact) mass is 453 g/mol. The number of benzene rings is 1. The van der Waals surface area contributed by atoms with Crippen LogP contribution < -0.4 is 0 Å². The molecule has 0 aliphatic rings. The van der Waals surface area contributed by atoms with Gasteiger partial charge in [0.15, 0.2) is 0 Å². The fourth-order valence-electron chi connectivity index (χ4n) is 2.55. The molecule has 30 heavy (non-hydrogen) atoms. The SMILES string of the molecule is [B]Cc1cc(C[B])c(C(=O)OC(CS(=O)(=O)[O-])(C(F)(F)F)C(F)(F)F)c(C[B])c1O. The Labute approximate surface area is 170 Å². The molecule has 0 saturated heterocycles. The van der Waals surface area contributed by atoms with Crippen molar-refractivity contribution < 1.29 is 54.0 Å². The summed E-state index contributed by atoms with van der Waals surface area (Å²) in [6, 6.07) is 0.929. The molecule has 0 bridgehead atoms. The molecule has 16 heteroatoms. The summed E-state index contributed by atoms with van der Waals surface area (Å²) in [5.41, 5.74) is -7.82. The molecule has 0 heterocycles. The standard InChI is InChI=1S/C14H11B3F6O6S/c15-2-6-1-7(3-16)10(24)8(4-17)9(6)11(25)29-12(13(18,19)20,14(21,22)23)5-30(26,27)28/h1,24H,2-5H2,(H,26,27,28)/p-1. The lowest BCUT2D eigenvalue weighted by atomic mass is 9.81. The molecule has 6 radical (unpaired) electrons. The van der Waals surface area contributed by atoms with Gasteiger partial charge in [-0.3, -0.25) is 0 Å². The van der Waals surface area contributed by atoms with E-state index in [1.807, 2.05) is 0 Å². The summed E-state index contributed by atoms with van der Waals surface area (Å²) >= 11 is 0. The van der Waals surface area contributed by atoms with E-state index in [0.29, 0.717) is 0 Å². The number of carbonyl (C=O) groups excluding carboxylic acids is 1. The van der Waals surface area contributed by atoms with Crippen LogP contribution in [0.3, 0.4) is 0 Å². The first kappa shape index (κ1) is 26.2. The van der Waals surface area contributed by atoms with Crippen LogP contribution in [0.25, 0.3) is 0 Å². The minimum atomic E-state index is -6.55. The summed E-state index contributed by atoms with van der Waals surface area (Å²) in [7, 11) is 9.84. The Morgan fingerprint density at radius 2 is 1.47 bits per heavy atom. The second kappa shape index (κ2) is 8.73. The Morgan fingerprint density at radius 1 is 1.00 bits per heavy atom. The number of hydrogen-bond donors (Lipinski definition) is 1. The van der Waals surface area contributed by atoms with E-state index in [9.17, 15) is 49.2 Å². The number of hydrogen-bond acceptors (Lipinski definition) is 6. The van der Waals surface area contributed by atoms with Gasteiger partial charge in [-0.15, -0.1) is 0 Å². The normalized spacial score (nSPS) is 13.3. The van der Waals surface area contributed by atoms with Gasteiger partial charge in [-0.2, -0.15) is 26.3 Å². The first-order chi connectivity index (χ1) is 13.5. The van der Waals surface area contributed by atoms with E-state index >= 15 is 0 Å². The van der Waals surface area contributed by atoms with Crippen molar-refractivity contribution in [2.75, 3.05) is 5.75 Å². The topological polar surface area (TPSA) is 104 Å². The molecule has 160 valence electrons. The molecule has 0 amide bonds. The molecule has 1 aromatic rings. The first-order valence-electron chi connectivity index (χ1n) is 7.72. The maximum absolute atomic E-state index is 13.3. The van der Waals surface area contributed by atoms with Gasteiger partial charge < -0.3 is 14.4 Å². The van der Waals surface area contributed by atoms with E-state index in [1.54, 1.807) is 0 Å². The van der Waals surface area contributed by atoms with Crippen molar-refractivity contribution in [1.82, 2.24) is 0 Å². The second-order valence-electron chi connectivity index (χ2n) is 5.92. The first-order valence-corrected chi connectivity index (χ1v) is 9.30. The second-order valence-corrected chi connectivity index (χ2v) is 7.33. The molecule has 0 aliphatic carbocycles. The maximum Gasteiger partial charge on any atom is 0.438 e. The van der Waals surface area contributed by atoms with Crippen LogP contribution >= 0.6 is 0 Å². The van der Waals surface area contributed by atoms with E-state index in [-0.39, 0.29) is 17.4 Å². The van der Waals surface area contributed by atoms with Gasteiger partial charge in [-0.25, -0.2) is 13.2 Å². The number of alkyl halides is 6. The van der Waals surface area contributed by atoms with E-state index in [0.717, 1.165) is 6.07 Å². The number of phenolic OH excluding ortho intramolecular Hbond substituents is 1. The zero-order chi connectivity index (χ0) is 23.7. The largest absolute Gasteiger partial charge is 0.748 e. The third-order valence-electron chi connectivity index (χ3n) is 3.97. The zero-order valence-corrected chi connectivity index (χ0v) is 15.6. The van der Waals surface area contributed by atoms with Crippen LogP contribution in [0.2, 0.25) is 0 Å². The number of esters is 1. The molecule has 0 saturated carbocycles. The van der Waals surface area contributed by atoms with E-state index < -0.39 is 69.3 Å². The number of halogens is 6. The van der Waals surface area contributed by atoms with Gasteiger partial charge in [-0.1, -0.05) is 25.0 Å². The average Bonchev–Trinajstić information content (AvgIpc) is 2.57. The van der Waals surface area contributed by atoms with Gasteiger partial charge in [0.05, 0.1) is 45.0 Å². The Morgan fingerprint density at radius 3 is 1.80 bits per heavy atom. The average molecular weight is 453 g/mol. The summed E-state index contributed by atoms with van der Waals surface area (Å²) in [5, 5.41) is 10.0. The molecule has 0 atom stereocenters. The van der Waals surface area contributed by atoms with Crippen LogP contribution in [0.1, 0.15) is 27.0 Å². The zero-order valence-electron chi connectivity index (χ0n) is 14.8. The predicted molar refractivity (Wildman–Crippen MR) is 91.3 cm³/mol. The van der Waals surface area contributed by atoms with Gasteiger partial charge >= 0.3 is 23.9 Å². The fraction of sp³-hybridized carbons (Fsp3) is 0.500. The Balaban J connectivity index is 3.79. The van der Waals surface area contributed by atoms with Crippen molar-refractivity contribution >= 4 is 39.6 Å². The molecule has 1 aromatic carbocycles. The number of phenols is 1. The Hall–Kier alpha value is -1.83. The summed E-state index contributed by atoms with van der Waals surface area (Å²) in [4.78, 5) is 12.4. The third kappa shape index (κ3) is 5.07. The van der Waals surface area contributed by atoms with Gasteiger partial charge in [0.25, 0.3) is 0 Å². The molecule has 6 nitrogen and oxygen atoms in total. The molecule has 0 spiro atoms. The highest BCUT2D eigenvalue weighted by molar-refractivity contribution is 7.85. The van der Waals surface area contributed by atoms with Crippen molar-refractivity contribution in [1.29, 1.82) is 0 Å². The van der Waals surface area contributed by atoms with Crippen molar-refractivity contribution in [3.8, 4) is 5.75 Å². The molecule has 0 fully saturated rings. The fourth-order valence-corrected chi connectivity index (χ4v) is 3.44. The van der Waals surface area contributed by atoms with Gasteiger partial charge in [0.1, 0.15) is 5.75 Å². The smallest absolute Gasteiger partial charge is 0.438 e. The maximum atomic E-state index is 13.3. The lowest BCUT2D eigenvalue weighted by Crippen LogP contribution is -2.63. The molecular formula is C14H10B3F6O6S-. The van der Waals surface area contributed by atoms with Crippen molar-refractivity contribution in [3.63, 3.8) is 0 Å². The summed E-state index contributed by atoms with van der Waals surface area (Å²) in [5.74, 6) is -6.32. The number of aromatic hydroxyl groups is 1. The molecule has 0 aromatic heterocycles. The lowest BCUT2D eigenvalue weighted by molar-refractivity contribution is -0.356. The summed E-state index contributed by atoms with van der Waals surface area (Å²) in [6.45, 7) is 0. The Bertz CT molecular complexity index is 902. The van der Waals surface area contributed by atoms with Crippen LogP contribution in [0.5, 0.6) is 5.75 Å². The highest BCUT2D eigenvalue weighted by atomic mass is 32.2. The Kier molecular flexibility index (Phi) is 7.63. The van der Waals surface area contributed by atoms with Crippen LogP contribution in [-0.4, -0.2) is 71.3 Å². The van der Waals surface area contributed by atoms with Crippen LogP contribution in [0.4, 0.5) is 26.3 Å². The number of carbonyl (C=O) groups is 1. The summed E-state index contributed by atoms with van der Waals surface area (Å²) in [6.07, 6.45) is -14.9. The number of rotatable bonds is 7. The van der Waals surface area contributed by atoms with Crippen molar-refractivity contribution in [2.45, 2.75) is 36.9 Å². The van der Waals surface area contributed by atoms with Crippen LogP contribution in [0.15, 0.2) is 6.07 Å². The highest BCUT2D eigenvalue weighted by Gasteiger charge is 2.75. The van der Waals surface area contributed by atoms with Gasteiger partial charge in [0, 0.05) is 5.56 Å². The van der Waals surface area contributed by atoms with Gasteiger partial charge in [-0.05, 0) is 11.1 Å². The third-order valence-corrected chi connectivity index (χ3v) is 4.73. The van der Waals surface area contributed by atoms with E-state index in [2.05, 4.69) is 4.74 Å². The lowest BCUT2D eigenvalue weighted by Gasteiger charge is -2.37. The summed E-state index contributed by atoms with van der Waals surface area (Å²) < 4.78 is 116. The van der Waals surface area contributed by atoms with E-state index in [1.165, 1.54) is 0 Å². The van der Waals surface area contributed by atoms with E-state index in [4.69, 9.17) is 23.5 Å². The molecule has 0 unspecified atom stereocenters. The highest BCUT2D eigenvalue weighted by Crippen LogP contribution is 2.47.